The van der Waals surface area contributed by atoms with Gasteiger partial charge in [-0.2, -0.15) is 5.10 Å². The highest BCUT2D eigenvalue weighted by molar-refractivity contribution is 9.10. The molecule has 0 amide bonds. The molecule has 0 spiro atoms. The largest absolute Gasteiger partial charge is 0.284 e. The normalized spacial score (nSPS) is 11.4. The molecule has 90 valence electrons. The molecule has 1 aromatic carbocycles. The summed E-state index contributed by atoms with van der Waals surface area (Å²) in [7, 11) is -3.23. The fourth-order valence-corrected chi connectivity index (χ4v) is 2.19. The second kappa shape index (κ2) is 4.50. The first kappa shape index (κ1) is 12.1. The van der Waals surface area contributed by atoms with Crippen molar-refractivity contribution in [3.63, 3.8) is 0 Å². The maximum Gasteiger partial charge on any atom is 0.229 e. The van der Waals surface area contributed by atoms with E-state index < -0.39 is 10.0 Å². The van der Waals surface area contributed by atoms with E-state index in [1.807, 2.05) is 6.20 Å². The molecule has 0 unspecified atom stereocenters. The summed E-state index contributed by atoms with van der Waals surface area (Å²) in [5, 5.41) is 4.12. The lowest BCUT2D eigenvalue weighted by Crippen LogP contribution is -2.09. The van der Waals surface area contributed by atoms with Gasteiger partial charge in [0.05, 0.1) is 22.6 Å². The van der Waals surface area contributed by atoms with Crippen LogP contribution in [0.4, 0.5) is 5.69 Å². The van der Waals surface area contributed by atoms with Crippen LogP contribution in [0, 0.1) is 0 Å². The molecular weight excluding hydrogens is 306 g/mol. The number of nitrogens with one attached hydrogen (secondary N) is 1. The molecule has 17 heavy (non-hydrogen) atoms. The predicted molar refractivity (Wildman–Crippen MR) is 69.7 cm³/mol. The molecule has 0 atom stereocenters. The van der Waals surface area contributed by atoms with E-state index in [9.17, 15) is 8.42 Å². The summed E-state index contributed by atoms with van der Waals surface area (Å²) >= 11 is 3.31. The van der Waals surface area contributed by atoms with Gasteiger partial charge in [0.15, 0.2) is 0 Å². The lowest BCUT2D eigenvalue weighted by molar-refractivity contribution is 0.607. The molecule has 7 heteroatoms. The number of nitrogens with zero attached hydrogens (tertiary/aromatic N) is 2. The summed E-state index contributed by atoms with van der Waals surface area (Å²) in [5.74, 6) is 0. The molecule has 0 fully saturated rings. The first-order valence-corrected chi connectivity index (χ1v) is 7.41. The summed E-state index contributed by atoms with van der Waals surface area (Å²) in [6, 6.07) is 6.94. The third kappa shape index (κ3) is 3.31. The monoisotopic (exact) mass is 315 g/mol. The lowest BCUT2D eigenvalue weighted by Gasteiger charge is -2.05. The molecule has 2 rings (SSSR count). The number of sulfonamides is 1. The third-order valence-corrected chi connectivity index (χ3v) is 3.00. The van der Waals surface area contributed by atoms with Crippen molar-refractivity contribution in [3.05, 3.63) is 41.1 Å². The highest BCUT2D eigenvalue weighted by Gasteiger charge is 2.02. The number of aromatic nitrogens is 2. The van der Waals surface area contributed by atoms with Crippen LogP contribution in [0.15, 0.2) is 41.1 Å². The maximum atomic E-state index is 11.0. The molecule has 0 aliphatic heterocycles. The van der Waals surface area contributed by atoms with Gasteiger partial charge in [0.1, 0.15) is 0 Å². The van der Waals surface area contributed by atoms with Crippen molar-refractivity contribution >= 4 is 31.6 Å². The smallest absolute Gasteiger partial charge is 0.229 e. The number of rotatable bonds is 3. The van der Waals surface area contributed by atoms with Crippen LogP contribution in [0.25, 0.3) is 5.69 Å². The van der Waals surface area contributed by atoms with Crippen LogP contribution in [0.1, 0.15) is 0 Å². The summed E-state index contributed by atoms with van der Waals surface area (Å²) in [6.45, 7) is 0. The molecule has 0 bridgehead atoms. The second-order valence-electron chi connectivity index (χ2n) is 3.52. The predicted octanol–water partition coefficient (Wildman–Crippen LogP) is 2.01. The van der Waals surface area contributed by atoms with Crippen LogP contribution < -0.4 is 4.72 Å². The zero-order valence-electron chi connectivity index (χ0n) is 8.96. The molecule has 1 aromatic heterocycles. The van der Waals surface area contributed by atoms with E-state index in [0.717, 1.165) is 16.4 Å². The summed E-state index contributed by atoms with van der Waals surface area (Å²) in [6.07, 6.45) is 4.62. The van der Waals surface area contributed by atoms with Crippen molar-refractivity contribution in [2.24, 2.45) is 0 Å². The molecule has 0 saturated heterocycles. The Morgan fingerprint density at radius 2 is 1.94 bits per heavy atom. The van der Waals surface area contributed by atoms with Gasteiger partial charge in [-0.15, -0.1) is 0 Å². The van der Waals surface area contributed by atoms with Gasteiger partial charge >= 0.3 is 0 Å². The van der Waals surface area contributed by atoms with Crippen molar-refractivity contribution in [2.45, 2.75) is 0 Å². The van der Waals surface area contributed by atoms with Crippen molar-refractivity contribution in [2.75, 3.05) is 11.0 Å². The van der Waals surface area contributed by atoms with Gasteiger partial charge in [-0.1, -0.05) is 0 Å². The van der Waals surface area contributed by atoms with Crippen molar-refractivity contribution in [1.82, 2.24) is 9.78 Å². The molecule has 0 saturated carbocycles. The zero-order valence-corrected chi connectivity index (χ0v) is 11.4. The molecule has 0 aliphatic carbocycles. The van der Waals surface area contributed by atoms with Crippen LogP contribution in [0.5, 0.6) is 0 Å². The van der Waals surface area contributed by atoms with Gasteiger partial charge in [-0.05, 0) is 40.2 Å². The Kier molecular flexibility index (Phi) is 3.21. The van der Waals surface area contributed by atoms with Gasteiger partial charge in [0.25, 0.3) is 0 Å². The molecule has 2 aromatic rings. The Morgan fingerprint density at radius 3 is 2.41 bits per heavy atom. The van der Waals surface area contributed by atoms with Crippen LogP contribution in [-0.4, -0.2) is 24.5 Å². The van der Waals surface area contributed by atoms with E-state index in [2.05, 4.69) is 25.8 Å². The van der Waals surface area contributed by atoms with E-state index in [-0.39, 0.29) is 0 Å². The van der Waals surface area contributed by atoms with Gasteiger partial charge in [-0.3, -0.25) is 4.72 Å². The highest BCUT2D eigenvalue weighted by Crippen LogP contribution is 2.15. The fourth-order valence-electron chi connectivity index (χ4n) is 1.34. The molecule has 1 heterocycles. The van der Waals surface area contributed by atoms with Crippen LogP contribution in [0.2, 0.25) is 0 Å². The topological polar surface area (TPSA) is 64.0 Å². The maximum absolute atomic E-state index is 11.0. The number of hydrogen-bond donors (Lipinski definition) is 1. The van der Waals surface area contributed by atoms with Crippen molar-refractivity contribution < 1.29 is 8.42 Å². The first-order chi connectivity index (χ1) is 7.94. The molecule has 0 aliphatic rings. The standard InChI is InChI=1S/C10H10BrN3O2S/c1-17(15,16)13-9-2-4-10(5-3-9)14-7-8(11)6-12-14/h2-7,13H,1H3. The highest BCUT2D eigenvalue weighted by atomic mass is 79.9. The van der Waals surface area contributed by atoms with Gasteiger partial charge < -0.3 is 0 Å². The van der Waals surface area contributed by atoms with Crippen molar-refractivity contribution in [1.29, 1.82) is 0 Å². The quantitative estimate of drug-likeness (QED) is 0.942. The van der Waals surface area contributed by atoms with Crippen LogP contribution >= 0.6 is 15.9 Å². The minimum atomic E-state index is -3.23. The average Bonchev–Trinajstić information content (AvgIpc) is 2.63. The average molecular weight is 316 g/mol. The van der Waals surface area contributed by atoms with E-state index >= 15 is 0 Å². The Morgan fingerprint density at radius 1 is 1.29 bits per heavy atom. The van der Waals surface area contributed by atoms with Gasteiger partial charge in [0.2, 0.25) is 10.0 Å². The Bertz CT molecular complexity index is 619. The minimum absolute atomic E-state index is 0.530. The molecule has 1 N–H and O–H groups in total. The van der Waals surface area contributed by atoms with Gasteiger partial charge in [-0.25, -0.2) is 13.1 Å². The number of hydrogen-bond acceptors (Lipinski definition) is 3. The number of anilines is 1. The van der Waals surface area contributed by atoms with Gasteiger partial charge in [0, 0.05) is 11.9 Å². The first-order valence-electron chi connectivity index (χ1n) is 4.72. The second-order valence-corrected chi connectivity index (χ2v) is 6.19. The van der Waals surface area contributed by atoms with Crippen LogP contribution in [0.3, 0.4) is 0 Å². The number of halogens is 1. The Labute approximate surface area is 108 Å². The Balaban J connectivity index is 2.24. The SMILES string of the molecule is CS(=O)(=O)Nc1ccc(-n2cc(Br)cn2)cc1. The van der Waals surface area contributed by atoms with Crippen LogP contribution in [-0.2, 0) is 10.0 Å². The van der Waals surface area contributed by atoms with E-state index in [1.165, 1.54) is 0 Å². The summed E-state index contributed by atoms with van der Waals surface area (Å²) in [4.78, 5) is 0. The fraction of sp³-hybridized carbons (Fsp3) is 0.100. The minimum Gasteiger partial charge on any atom is -0.284 e. The van der Waals surface area contributed by atoms with E-state index in [4.69, 9.17) is 0 Å². The number of benzene rings is 1. The van der Waals surface area contributed by atoms with E-state index in [1.54, 1.807) is 35.1 Å². The van der Waals surface area contributed by atoms with E-state index in [0.29, 0.717) is 5.69 Å². The lowest BCUT2D eigenvalue weighted by atomic mass is 10.3. The zero-order chi connectivity index (χ0) is 12.5. The summed E-state index contributed by atoms with van der Waals surface area (Å²) < 4.78 is 27.0. The third-order valence-electron chi connectivity index (χ3n) is 1.99. The van der Waals surface area contributed by atoms with Crippen molar-refractivity contribution in [3.8, 4) is 5.69 Å². The Hall–Kier alpha value is -1.34. The molecular formula is C10H10BrN3O2S. The molecule has 0 radical (unpaired) electrons. The summed E-state index contributed by atoms with van der Waals surface area (Å²) in [5.41, 5.74) is 1.39. The molecule has 5 nitrogen and oxygen atoms in total.